The molecule has 1 amide bonds. The van der Waals surface area contributed by atoms with E-state index in [4.69, 9.17) is 4.52 Å². The van der Waals surface area contributed by atoms with Crippen molar-refractivity contribution in [1.82, 2.24) is 5.16 Å². The zero-order chi connectivity index (χ0) is 15.6. The van der Waals surface area contributed by atoms with E-state index < -0.39 is 5.97 Å². The number of nitrogens with one attached hydrogen (secondary N) is 1. The van der Waals surface area contributed by atoms with E-state index in [-0.39, 0.29) is 17.9 Å². The number of carbonyl (C=O) groups excluding carboxylic acids is 1. The largest absolute Gasteiger partial charge is 0.478 e. The summed E-state index contributed by atoms with van der Waals surface area (Å²) in [4.78, 5) is 24.3. The summed E-state index contributed by atoms with van der Waals surface area (Å²) in [5.74, 6) is -0.706. The summed E-state index contributed by atoms with van der Waals surface area (Å²) >= 11 is 1.28. The van der Waals surface area contributed by atoms with E-state index in [1.54, 1.807) is 13.0 Å². The van der Waals surface area contributed by atoms with Crippen LogP contribution in [0.25, 0.3) is 0 Å². The molecule has 0 atom stereocenters. The molecule has 6 nitrogen and oxygen atoms in total. The SMILES string of the molecule is CCc1c(C)sc(NC(=O)Cc2cc(C)on2)c1C(=O)O. The Morgan fingerprint density at radius 1 is 1.43 bits per heavy atom. The van der Waals surface area contributed by atoms with Crippen LogP contribution in [0.2, 0.25) is 0 Å². The van der Waals surface area contributed by atoms with Crippen LogP contribution in [0.4, 0.5) is 5.00 Å². The van der Waals surface area contributed by atoms with Crippen molar-refractivity contribution < 1.29 is 19.2 Å². The fourth-order valence-electron chi connectivity index (χ4n) is 2.16. The van der Waals surface area contributed by atoms with Gasteiger partial charge in [0.15, 0.2) is 0 Å². The molecule has 0 saturated carbocycles. The predicted molar refractivity (Wildman–Crippen MR) is 79.0 cm³/mol. The number of carboxylic acids is 1. The second-order valence-corrected chi connectivity index (χ2v) is 5.88. The van der Waals surface area contributed by atoms with Crippen molar-refractivity contribution in [3.05, 3.63) is 33.5 Å². The third kappa shape index (κ3) is 3.30. The number of hydrogen-bond acceptors (Lipinski definition) is 5. The van der Waals surface area contributed by atoms with Gasteiger partial charge in [0.1, 0.15) is 10.8 Å². The van der Waals surface area contributed by atoms with Crippen LogP contribution < -0.4 is 5.32 Å². The minimum atomic E-state index is -1.02. The Morgan fingerprint density at radius 3 is 2.67 bits per heavy atom. The molecule has 7 heteroatoms. The fraction of sp³-hybridized carbons (Fsp3) is 0.357. The number of thiophene rings is 1. The van der Waals surface area contributed by atoms with Gasteiger partial charge in [-0.1, -0.05) is 12.1 Å². The summed E-state index contributed by atoms with van der Waals surface area (Å²) in [6, 6.07) is 1.68. The van der Waals surface area contributed by atoms with E-state index in [0.717, 1.165) is 10.4 Å². The van der Waals surface area contributed by atoms with Crippen molar-refractivity contribution >= 4 is 28.2 Å². The number of carboxylic acid groups (broad SMARTS) is 1. The fourth-order valence-corrected chi connectivity index (χ4v) is 3.31. The Morgan fingerprint density at radius 2 is 2.14 bits per heavy atom. The zero-order valence-electron chi connectivity index (χ0n) is 12.0. The molecule has 2 aromatic heterocycles. The Hall–Kier alpha value is -2.15. The Kier molecular flexibility index (Phi) is 4.42. The van der Waals surface area contributed by atoms with Crippen molar-refractivity contribution in [2.75, 3.05) is 5.32 Å². The summed E-state index contributed by atoms with van der Waals surface area (Å²) in [6.07, 6.45) is 0.664. The lowest BCUT2D eigenvalue weighted by Crippen LogP contribution is -2.16. The Balaban J connectivity index is 2.19. The van der Waals surface area contributed by atoms with Crippen LogP contribution in [0, 0.1) is 13.8 Å². The molecule has 0 unspecified atom stereocenters. The van der Waals surface area contributed by atoms with Gasteiger partial charge in [0.2, 0.25) is 5.91 Å². The second-order valence-electron chi connectivity index (χ2n) is 4.65. The minimum absolute atomic E-state index is 0.0504. The van der Waals surface area contributed by atoms with Crippen LogP contribution in [-0.4, -0.2) is 22.1 Å². The van der Waals surface area contributed by atoms with Crippen molar-refractivity contribution in [2.24, 2.45) is 0 Å². The third-order valence-corrected chi connectivity index (χ3v) is 4.11. The van der Waals surface area contributed by atoms with E-state index in [9.17, 15) is 14.7 Å². The lowest BCUT2D eigenvalue weighted by atomic mass is 10.1. The molecule has 0 saturated heterocycles. The van der Waals surface area contributed by atoms with Gasteiger partial charge in [0, 0.05) is 10.9 Å². The first-order valence-corrected chi connectivity index (χ1v) is 7.31. The highest BCUT2D eigenvalue weighted by atomic mass is 32.1. The number of aromatic nitrogens is 1. The standard InChI is InChI=1S/C14H16N2O4S/c1-4-10-8(3)21-13(12(10)14(18)19)15-11(17)6-9-5-7(2)20-16-9/h5H,4,6H2,1-3H3,(H,15,17)(H,18,19). The van der Waals surface area contributed by atoms with Gasteiger partial charge in [-0.2, -0.15) is 0 Å². The molecule has 0 bridgehead atoms. The molecule has 0 aliphatic heterocycles. The van der Waals surface area contributed by atoms with Crippen molar-refractivity contribution in [2.45, 2.75) is 33.6 Å². The molecule has 2 heterocycles. The van der Waals surface area contributed by atoms with Crippen LogP contribution in [0.1, 0.15) is 39.2 Å². The van der Waals surface area contributed by atoms with Gasteiger partial charge in [-0.15, -0.1) is 11.3 Å². The van der Waals surface area contributed by atoms with Gasteiger partial charge >= 0.3 is 5.97 Å². The number of amides is 1. The summed E-state index contributed by atoms with van der Waals surface area (Å²) in [6.45, 7) is 5.49. The summed E-state index contributed by atoms with van der Waals surface area (Å²) in [5, 5.41) is 16.1. The zero-order valence-corrected chi connectivity index (χ0v) is 12.8. The van der Waals surface area contributed by atoms with Crippen LogP contribution in [-0.2, 0) is 17.6 Å². The van der Waals surface area contributed by atoms with Gasteiger partial charge < -0.3 is 14.9 Å². The number of hydrogen-bond donors (Lipinski definition) is 2. The van der Waals surface area contributed by atoms with Crippen LogP contribution in [0.15, 0.2) is 10.6 Å². The molecule has 2 N–H and O–H groups in total. The first-order chi connectivity index (χ1) is 9.92. The quantitative estimate of drug-likeness (QED) is 0.886. The third-order valence-electron chi connectivity index (χ3n) is 3.05. The van der Waals surface area contributed by atoms with Crippen molar-refractivity contribution in [1.29, 1.82) is 0 Å². The number of carbonyl (C=O) groups is 2. The number of nitrogens with zero attached hydrogens (tertiary/aromatic N) is 1. The average molecular weight is 308 g/mol. The van der Waals surface area contributed by atoms with Crippen molar-refractivity contribution in [3.8, 4) is 0 Å². The highest BCUT2D eigenvalue weighted by Gasteiger charge is 2.22. The molecule has 0 aliphatic rings. The van der Waals surface area contributed by atoms with Gasteiger partial charge in [-0.25, -0.2) is 4.79 Å². The highest BCUT2D eigenvalue weighted by Crippen LogP contribution is 2.33. The maximum Gasteiger partial charge on any atom is 0.339 e. The number of aromatic carboxylic acids is 1. The Labute approximate surface area is 125 Å². The molecular formula is C14H16N2O4S. The van der Waals surface area contributed by atoms with E-state index in [1.807, 2.05) is 13.8 Å². The summed E-state index contributed by atoms with van der Waals surface area (Å²) in [7, 11) is 0. The molecule has 0 aliphatic carbocycles. The lowest BCUT2D eigenvalue weighted by Gasteiger charge is -2.03. The minimum Gasteiger partial charge on any atom is -0.478 e. The summed E-state index contributed by atoms with van der Waals surface area (Å²) in [5.41, 5.74) is 1.47. The van der Waals surface area contributed by atoms with Gasteiger partial charge in [0.05, 0.1) is 17.7 Å². The van der Waals surface area contributed by atoms with Crippen LogP contribution in [0.3, 0.4) is 0 Å². The van der Waals surface area contributed by atoms with Gasteiger partial charge in [0.25, 0.3) is 0 Å². The average Bonchev–Trinajstić information content (AvgIpc) is 2.92. The molecular weight excluding hydrogens is 292 g/mol. The van der Waals surface area contributed by atoms with Gasteiger partial charge in [-0.3, -0.25) is 4.79 Å². The molecule has 21 heavy (non-hydrogen) atoms. The number of anilines is 1. The predicted octanol–water partition coefficient (Wildman–Crippen LogP) is 2.79. The first-order valence-electron chi connectivity index (χ1n) is 6.50. The van der Waals surface area contributed by atoms with E-state index in [2.05, 4.69) is 10.5 Å². The molecule has 0 fully saturated rings. The first kappa shape index (κ1) is 15.2. The number of aryl methyl sites for hydroxylation is 2. The Bertz CT molecular complexity index is 687. The topological polar surface area (TPSA) is 92.4 Å². The highest BCUT2D eigenvalue weighted by molar-refractivity contribution is 7.16. The molecule has 2 aromatic rings. The summed E-state index contributed by atoms with van der Waals surface area (Å²) < 4.78 is 4.90. The maximum absolute atomic E-state index is 12.0. The monoisotopic (exact) mass is 308 g/mol. The van der Waals surface area contributed by atoms with Crippen molar-refractivity contribution in [3.63, 3.8) is 0 Å². The molecule has 112 valence electrons. The van der Waals surface area contributed by atoms with Crippen LogP contribution in [0.5, 0.6) is 0 Å². The van der Waals surface area contributed by atoms with E-state index >= 15 is 0 Å². The smallest absolute Gasteiger partial charge is 0.339 e. The maximum atomic E-state index is 12.0. The normalized spacial score (nSPS) is 10.6. The lowest BCUT2D eigenvalue weighted by molar-refractivity contribution is -0.115. The molecule has 2 rings (SSSR count). The van der Waals surface area contributed by atoms with Gasteiger partial charge in [-0.05, 0) is 25.8 Å². The van der Waals surface area contributed by atoms with Crippen LogP contribution >= 0.6 is 11.3 Å². The van der Waals surface area contributed by atoms with E-state index in [1.165, 1.54) is 11.3 Å². The molecule has 0 aromatic carbocycles. The second kappa shape index (κ2) is 6.09. The van der Waals surface area contributed by atoms with E-state index in [0.29, 0.717) is 22.9 Å². The molecule has 0 spiro atoms. The number of rotatable bonds is 5. The molecule has 0 radical (unpaired) electrons.